The highest BCUT2D eigenvalue weighted by molar-refractivity contribution is 5.94. The van der Waals surface area contributed by atoms with E-state index in [1.165, 1.54) is 12.1 Å². The molecule has 5 rings (SSSR count). The minimum absolute atomic E-state index is 0.0582. The summed E-state index contributed by atoms with van der Waals surface area (Å²) < 4.78 is 14.0. The third-order valence-corrected chi connectivity index (χ3v) is 6.18. The van der Waals surface area contributed by atoms with Gasteiger partial charge in [-0.2, -0.15) is 5.10 Å². The van der Waals surface area contributed by atoms with Crippen LogP contribution in [-0.2, 0) is 12.8 Å². The molecule has 1 aliphatic heterocycles. The average Bonchev–Trinajstić information content (AvgIpc) is 3.49. The molecule has 2 aromatic heterocycles. The maximum Gasteiger partial charge on any atom is 0.275 e. The summed E-state index contributed by atoms with van der Waals surface area (Å²) in [6.07, 6.45) is 6.30. The molecule has 1 N–H and O–H groups in total. The van der Waals surface area contributed by atoms with E-state index < -0.39 is 0 Å². The number of rotatable bonds is 4. The van der Waals surface area contributed by atoms with Crippen LogP contribution >= 0.6 is 0 Å². The van der Waals surface area contributed by atoms with Gasteiger partial charge in [-0.1, -0.05) is 12.1 Å². The van der Waals surface area contributed by atoms with Gasteiger partial charge in [0.25, 0.3) is 5.91 Å². The smallest absolute Gasteiger partial charge is 0.275 e. The number of aromatic amines is 1. The third-order valence-electron chi connectivity index (χ3n) is 6.18. The van der Waals surface area contributed by atoms with Crippen molar-refractivity contribution in [3.63, 3.8) is 0 Å². The third kappa shape index (κ3) is 3.45. The van der Waals surface area contributed by atoms with E-state index in [0.29, 0.717) is 23.8 Å². The number of carbonyl (C=O) groups excluding carboxylic acids is 1. The van der Waals surface area contributed by atoms with E-state index >= 15 is 0 Å². The first-order valence-corrected chi connectivity index (χ1v) is 10.7. The summed E-state index contributed by atoms with van der Waals surface area (Å²) in [5.41, 5.74) is 4.88. The first kappa shape index (κ1) is 19.7. The Bertz CT molecular complexity index is 1140. The SMILES string of the molecule is CN(C)c1ncc(-c2cccc(F)c2)c([C@H]2CCCN2C(=O)c2n[nH]c3c2CCC3)n1. The highest BCUT2D eigenvalue weighted by atomic mass is 19.1. The van der Waals surface area contributed by atoms with Crippen LogP contribution in [0.5, 0.6) is 0 Å². The number of nitrogens with one attached hydrogen (secondary N) is 1. The minimum atomic E-state index is -0.313. The molecular formula is C23H25FN6O. The van der Waals surface area contributed by atoms with Crippen LogP contribution in [0.1, 0.15) is 52.7 Å². The Hall–Kier alpha value is -3.29. The number of H-pyrrole nitrogens is 1. The largest absolute Gasteiger partial charge is 0.347 e. The van der Waals surface area contributed by atoms with E-state index in [0.717, 1.165) is 54.6 Å². The fraction of sp³-hybridized carbons (Fsp3) is 0.391. The Morgan fingerprint density at radius 1 is 1.26 bits per heavy atom. The monoisotopic (exact) mass is 420 g/mol. The lowest BCUT2D eigenvalue weighted by atomic mass is 9.99. The van der Waals surface area contributed by atoms with Gasteiger partial charge in [0, 0.05) is 43.7 Å². The number of amides is 1. The van der Waals surface area contributed by atoms with Crippen LogP contribution in [0.25, 0.3) is 11.1 Å². The van der Waals surface area contributed by atoms with Gasteiger partial charge in [-0.3, -0.25) is 9.89 Å². The second-order valence-electron chi connectivity index (χ2n) is 8.41. The van der Waals surface area contributed by atoms with Crippen molar-refractivity contribution in [1.82, 2.24) is 25.1 Å². The van der Waals surface area contributed by atoms with Crippen LogP contribution in [-0.4, -0.2) is 51.6 Å². The molecule has 7 nitrogen and oxygen atoms in total. The highest BCUT2D eigenvalue weighted by Crippen LogP contribution is 2.38. The number of benzene rings is 1. The second kappa shape index (κ2) is 7.76. The Morgan fingerprint density at radius 3 is 2.94 bits per heavy atom. The van der Waals surface area contributed by atoms with E-state index in [1.807, 2.05) is 30.0 Å². The number of halogens is 1. The van der Waals surface area contributed by atoms with Crippen molar-refractivity contribution in [1.29, 1.82) is 0 Å². The average molecular weight is 420 g/mol. The van der Waals surface area contributed by atoms with E-state index in [-0.39, 0.29) is 17.8 Å². The highest BCUT2D eigenvalue weighted by Gasteiger charge is 2.36. The molecule has 3 aromatic rings. The molecule has 160 valence electrons. The maximum atomic E-state index is 14.0. The van der Waals surface area contributed by atoms with Gasteiger partial charge in [0.05, 0.1) is 11.7 Å². The number of hydrogen-bond acceptors (Lipinski definition) is 5. The molecule has 3 heterocycles. The van der Waals surface area contributed by atoms with Crippen LogP contribution in [0.4, 0.5) is 10.3 Å². The van der Waals surface area contributed by atoms with Gasteiger partial charge in [0.2, 0.25) is 5.95 Å². The molecule has 0 spiro atoms. The van der Waals surface area contributed by atoms with Gasteiger partial charge in [0.1, 0.15) is 5.82 Å². The maximum absolute atomic E-state index is 14.0. The van der Waals surface area contributed by atoms with E-state index in [1.54, 1.807) is 12.3 Å². The topological polar surface area (TPSA) is 78.0 Å². The normalized spacial score (nSPS) is 17.8. The first-order chi connectivity index (χ1) is 15.0. The van der Waals surface area contributed by atoms with Crippen molar-refractivity contribution in [3.05, 3.63) is 58.9 Å². The van der Waals surface area contributed by atoms with E-state index in [4.69, 9.17) is 4.98 Å². The fourth-order valence-corrected chi connectivity index (χ4v) is 4.66. The van der Waals surface area contributed by atoms with Crippen molar-refractivity contribution >= 4 is 11.9 Å². The number of aryl methyl sites for hydroxylation is 1. The molecule has 2 aliphatic rings. The zero-order valence-electron chi connectivity index (χ0n) is 17.7. The molecule has 0 bridgehead atoms. The zero-order chi connectivity index (χ0) is 21.5. The van der Waals surface area contributed by atoms with Crippen LogP contribution in [0.15, 0.2) is 30.5 Å². The number of aromatic nitrogens is 4. The van der Waals surface area contributed by atoms with Crippen molar-refractivity contribution < 1.29 is 9.18 Å². The molecule has 0 radical (unpaired) electrons. The van der Waals surface area contributed by atoms with Crippen molar-refractivity contribution in [3.8, 4) is 11.1 Å². The number of anilines is 1. The Morgan fingerprint density at radius 2 is 2.13 bits per heavy atom. The summed E-state index contributed by atoms with van der Waals surface area (Å²) in [4.78, 5) is 26.5. The molecule has 31 heavy (non-hydrogen) atoms. The van der Waals surface area contributed by atoms with Crippen LogP contribution < -0.4 is 4.90 Å². The number of fused-ring (bicyclic) bond motifs is 1. The number of nitrogens with zero attached hydrogens (tertiary/aromatic N) is 5. The Labute approximate surface area is 180 Å². The summed E-state index contributed by atoms with van der Waals surface area (Å²) >= 11 is 0. The van der Waals surface area contributed by atoms with Crippen LogP contribution in [0.2, 0.25) is 0 Å². The van der Waals surface area contributed by atoms with Gasteiger partial charge in [-0.05, 0) is 49.8 Å². The quantitative estimate of drug-likeness (QED) is 0.699. The van der Waals surface area contributed by atoms with Gasteiger partial charge < -0.3 is 9.80 Å². The molecule has 1 atom stereocenters. The summed E-state index contributed by atoms with van der Waals surface area (Å²) in [5, 5.41) is 7.38. The number of hydrogen-bond donors (Lipinski definition) is 1. The molecule has 1 aromatic carbocycles. The Kier molecular flexibility index (Phi) is 4.92. The summed E-state index contributed by atoms with van der Waals surface area (Å²) in [6, 6.07) is 6.23. The molecule has 0 saturated carbocycles. The first-order valence-electron chi connectivity index (χ1n) is 10.7. The predicted octanol–water partition coefficient (Wildman–Crippen LogP) is 3.54. The van der Waals surface area contributed by atoms with Crippen molar-refractivity contribution in [2.75, 3.05) is 25.5 Å². The molecule has 0 unspecified atom stereocenters. The zero-order valence-corrected chi connectivity index (χ0v) is 17.7. The molecule has 1 saturated heterocycles. The minimum Gasteiger partial charge on any atom is -0.347 e. The van der Waals surface area contributed by atoms with Crippen molar-refractivity contribution in [2.45, 2.75) is 38.1 Å². The van der Waals surface area contributed by atoms with Gasteiger partial charge in [0.15, 0.2) is 5.69 Å². The van der Waals surface area contributed by atoms with Gasteiger partial charge in [-0.25, -0.2) is 14.4 Å². The second-order valence-corrected chi connectivity index (χ2v) is 8.41. The molecule has 1 fully saturated rings. The van der Waals surface area contributed by atoms with Gasteiger partial charge in [-0.15, -0.1) is 0 Å². The lowest BCUT2D eigenvalue weighted by Gasteiger charge is -2.26. The lowest BCUT2D eigenvalue weighted by Crippen LogP contribution is -2.32. The van der Waals surface area contributed by atoms with Crippen molar-refractivity contribution in [2.24, 2.45) is 0 Å². The van der Waals surface area contributed by atoms with Gasteiger partial charge >= 0.3 is 0 Å². The lowest BCUT2D eigenvalue weighted by molar-refractivity contribution is 0.0726. The van der Waals surface area contributed by atoms with E-state index in [2.05, 4.69) is 15.2 Å². The number of carbonyl (C=O) groups is 1. The molecule has 1 amide bonds. The van der Waals surface area contributed by atoms with Crippen LogP contribution in [0, 0.1) is 5.82 Å². The molecular weight excluding hydrogens is 395 g/mol. The predicted molar refractivity (Wildman–Crippen MR) is 115 cm³/mol. The summed E-state index contributed by atoms with van der Waals surface area (Å²) in [5.74, 6) is 0.193. The molecule has 8 heteroatoms. The Balaban J connectivity index is 1.57. The summed E-state index contributed by atoms with van der Waals surface area (Å²) in [7, 11) is 3.76. The standard InChI is InChI=1S/C23H25FN6O/c1-29(2)23-25-13-17(14-6-3-7-15(24)12-14)20(26-23)19-10-5-11-30(19)22(31)21-16-8-4-9-18(16)27-28-21/h3,6-7,12-13,19H,4-5,8-11H2,1-2H3,(H,27,28)/t19-/m1/s1. The van der Waals surface area contributed by atoms with E-state index in [9.17, 15) is 9.18 Å². The number of likely N-dealkylation sites (tertiary alicyclic amines) is 1. The van der Waals surface area contributed by atoms with Crippen LogP contribution in [0.3, 0.4) is 0 Å². The molecule has 1 aliphatic carbocycles. The summed E-state index contributed by atoms with van der Waals surface area (Å²) in [6.45, 7) is 0.648. The fourth-order valence-electron chi connectivity index (χ4n) is 4.66.